The van der Waals surface area contributed by atoms with Crippen LogP contribution in [0.4, 0.5) is 10.2 Å². The van der Waals surface area contributed by atoms with Crippen LogP contribution in [-0.2, 0) is 14.3 Å². The summed E-state index contributed by atoms with van der Waals surface area (Å²) >= 11 is 1.45. The third kappa shape index (κ3) is 6.02. The van der Waals surface area contributed by atoms with Gasteiger partial charge in [-0.2, -0.15) is 5.10 Å². The van der Waals surface area contributed by atoms with Crippen LogP contribution in [0.1, 0.15) is 29.2 Å². The number of halogens is 1. The van der Waals surface area contributed by atoms with Crippen LogP contribution in [-0.4, -0.2) is 67.4 Å². The predicted molar refractivity (Wildman–Crippen MR) is 167 cm³/mol. The molecular formula is C33H33FN4O5S. The summed E-state index contributed by atoms with van der Waals surface area (Å²) in [5, 5.41) is 7.62. The highest BCUT2D eigenvalue weighted by atomic mass is 32.2. The average Bonchev–Trinajstić information content (AvgIpc) is 3.69. The van der Waals surface area contributed by atoms with Gasteiger partial charge in [0.1, 0.15) is 18.2 Å². The number of fused-ring (bicyclic) bond motifs is 1. The highest BCUT2D eigenvalue weighted by Crippen LogP contribution is 2.49. The van der Waals surface area contributed by atoms with Gasteiger partial charge in [-0.05, 0) is 54.8 Å². The molecule has 3 heterocycles. The Kier molecular flexibility index (Phi) is 8.85. The number of hydrogen-bond acceptors (Lipinski definition) is 7. The zero-order valence-corrected chi connectivity index (χ0v) is 25.3. The second kappa shape index (κ2) is 13.1. The van der Waals surface area contributed by atoms with Gasteiger partial charge in [-0.3, -0.25) is 14.5 Å². The quantitative estimate of drug-likeness (QED) is 0.278. The maximum atomic E-state index is 14.0. The molecule has 0 saturated carbocycles. The maximum absolute atomic E-state index is 14.0. The minimum absolute atomic E-state index is 0.0336. The SMILES string of the molecule is COc1ccc([C@H]2SCC(=O)N(CC(=O)NC[C@@H]3CCCO3)c3c2c(-c2ccccc2)nn3-c2ccc(F)cc2)cc1OC. The second-order valence-electron chi connectivity index (χ2n) is 10.6. The van der Waals surface area contributed by atoms with Crippen molar-refractivity contribution in [2.24, 2.45) is 0 Å². The number of carbonyl (C=O) groups excluding carboxylic acids is 2. The Balaban J connectivity index is 1.52. The van der Waals surface area contributed by atoms with Crippen LogP contribution in [0.25, 0.3) is 16.9 Å². The Morgan fingerprint density at radius 1 is 1.07 bits per heavy atom. The topological polar surface area (TPSA) is 94.9 Å². The molecule has 11 heteroatoms. The zero-order valence-electron chi connectivity index (χ0n) is 24.5. The summed E-state index contributed by atoms with van der Waals surface area (Å²) in [6, 6.07) is 21.3. The first-order valence-electron chi connectivity index (χ1n) is 14.4. The van der Waals surface area contributed by atoms with Crippen molar-refractivity contribution < 1.29 is 28.2 Å². The van der Waals surface area contributed by atoms with Gasteiger partial charge < -0.3 is 19.5 Å². The van der Waals surface area contributed by atoms with Crippen LogP contribution >= 0.6 is 11.8 Å². The highest BCUT2D eigenvalue weighted by molar-refractivity contribution is 8.00. The molecule has 0 radical (unpaired) electrons. The van der Waals surface area contributed by atoms with Gasteiger partial charge in [0, 0.05) is 24.3 Å². The lowest BCUT2D eigenvalue weighted by Gasteiger charge is -2.23. The molecule has 2 amide bonds. The van der Waals surface area contributed by atoms with Gasteiger partial charge in [-0.15, -0.1) is 11.8 Å². The number of thioether (sulfide) groups is 1. The summed E-state index contributed by atoms with van der Waals surface area (Å²) in [5.41, 5.74) is 3.68. The van der Waals surface area contributed by atoms with Crippen molar-refractivity contribution >= 4 is 29.4 Å². The molecular weight excluding hydrogens is 583 g/mol. The van der Waals surface area contributed by atoms with E-state index in [0.29, 0.717) is 41.8 Å². The molecule has 0 aliphatic carbocycles. The molecule has 1 aromatic heterocycles. The monoisotopic (exact) mass is 616 g/mol. The largest absolute Gasteiger partial charge is 0.493 e. The average molecular weight is 617 g/mol. The van der Waals surface area contributed by atoms with Crippen LogP contribution in [0, 0.1) is 5.82 Å². The number of ether oxygens (including phenoxy) is 3. The van der Waals surface area contributed by atoms with Crippen molar-refractivity contribution in [2.45, 2.75) is 24.2 Å². The number of carbonyl (C=O) groups is 2. The molecule has 0 unspecified atom stereocenters. The third-order valence-electron chi connectivity index (χ3n) is 7.77. The summed E-state index contributed by atoms with van der Waals surface area (Å²) in [5.74, 6) is 0.774. The molecule has 3 aromatic carbocycles. The number of nitrogens with zero attached hydrogens (tertiary/aromatic N) is 3. The first kappa shape index (κ1) is 29.7. The van der Waals surface area contributed by atoms with E-state index >= 15 is 0 Å². The molecule has 2 atom stereocenters. The Morgan fingerprint density at radius 3 is 2.55 bits per heavy atom. The van der Waals surface area contributed by atoms with Gasteiger partial charge >= 0.3 is 0 Å². The highest BCUT2D eigenvalue weighted by Gasteiger charge is 2.38. The number of benzene rings is 3. The number of anilines is 1. The van der Waals surface area contributed by atoms with E-state index in [-0.39, 0.29) is 35.5 Å². The van der Waals surface area contributed by atoms with Crippen LogP contribution in [0.5, 0.6) is 11.5 Å². The van der Waals surface area contributed by atoms with Crippen LogP contribution in [0.3, 0.4) is 0 Å². The molecule has 1 N–H and O–H groups in total. The van der Waals surface area contributed by atoms with Crippen molar-refractivity contribution in [2.75, 3.05) is 44.6 Å². The number of methoxy groups -OCH3 is 2. The van der Waals surface area contributed by atoms with E-state index in [2.05, 4.69) is 5.32 Å². The molecule has 9 nitrogen and oxygen atoms in total. The van der Waals surface area contributed by atoms with Gasteiger partial charge in [0.2, 0.25) is 11.8 Å². The summed E-state index contributed by atoms with van der Waals surface area (Å²) in [6.07, 6.45) is 1.81. The number of hydrogen-bond donors (Lipinski definition) is 1. The van der Waals surface area contributed by atoms with Crippen LogP contribution in [0.15, 0.2) is 72.8 Å². The first-order valence-corrected chi connectivity index (χ1v) is 15.5. The number of aromatic nitrogens is 2. The normalized spacial score (nSPS) is 18.1. The minimum Gasteiger partial charge on any atom is -0.493 e. The summed E-state index contributed by atoms with van der Waals surface area (Å²) in [4.78, 5) is 28.7. The number of rotatable bonds is 9. The van der Waals surface area contributed by atoms with E-state index in [1.165, 1.54) is 28.8 Å². The van der Waals surface area contributed by atoms with Crippen molar-refractivity contribution in [3.8, 4) is 28.4 Å². The van der Waals surface area contributed by atoms with Gasteiger partial charge in [0.25, 0.3) is 0 Å². The lowest BCUT2D eigenvalue weighted by molar-refractivity contribution is -0.123. The molecule has 4 aromatic rings. The summed E-state index contributed by atoms with van der Waals surface area (Å²) < 4.78 is 32.4. The zero-order chi connectivity index (χ0) is 30.6. The summed E-state index contributed by atoms with van der Waals surface area (Å²) in [6.45, 7) is 0.852. The van der Waals surface area contributed by atoms with E-state index in [1.54, 1.807) is 31.0 Å². The molecule has 2 aliphatic rings. The van der Waals surface area contributed by atoms with E-state index in [4.69, 9.17) is 19.3 Å². The number of amides is 2. The molecule has 0 spiro atoms. The van der Waals surface area contributed by atoms with Gasteiger partial charge in [0.05, 0.1) is 42.7 Å². The molecule has 1 saturated heterocycles. The third-order valence-corrected chi connectivity index (χ3v) is 9.03. The fraction of sp³-hybridized carbons (Fsp3) is 0.303. The fourth-order valence-electron chi connectivity index (χ4n) is 5.60. The second-order valence-corrected chi connectivity index (χ2v) is 11.7. The molecule has 228 valence electrons. The van der Waals surface area contributed by atoms with Gasteiger partial charge in [-0.1, -0.05) is 36.4 Å². The van der Waals surface area contributed by atoms with E-state index in [0.717, 1.165) is 29.5 Å². The van der Waals surface area contributed by atoms with Crippen molar-refractivity contribution in [3.05, 3.63) is 89.7 Å². The number of nitrogens with one attached hydrogen (secondary N) is 1. The van der Waals surface area contributed by atoms with Gasteiger partial charge in [0.15, 0.2) is 11.5 Å². The van der Waals surface area contributed by atoms with E-state index in [1.807, 2.05) is 48.5 Å². The van der Waals surface area contributed by atoms with Crippen molar-refractivity contribution in [3.63, 3.8) is 0 Å². The first-order chi connectivity index (χ1) is 21.5. The standard InChI is InChI=1S/C33H33FN4O5S/c1-41-26-15-10-22(17-27(26)42-2)32-30-31(21-7-4-3-5-8-21)36-38(24-13-11-23(34)12-14-24)33(30)37(29(40)20-44-32)19-28(39)35-18-25-9-6-16-43-25/h3-5,7-8,10-15,17,25,32H,6,9,16,18-20H2,1-2H3,(H,35,39)/t25-,32+/m0/s1. The minimum atomic E-state index is -0.393. The van der Waals surface area contributed by atoms with Crippen molar-refractivity contribution in [1.82, 2.24) is 15.1 Å². The van der Waals surface area contributed by atoms with Crippen LogP contribution in [0.2, 0.25) is 0 Å². The molecule has 6 rings (SSSR count). The van der Waals surface area contributed by atoms with Gasteiger partial charge in [-0.25, -0.2) is 9.07 Å². The Morgan fingerprint density at radius 2 is 1.84 bits per heavy atom. The van der Waals surface area contributed by atoms with E-state index < -0.39 is 5.82 Å². The lowest BCUT2D eigenvalue weighted by atomic mass is 9.99. The lowest BCUT2D eigenvalue weighted by Crippen LogP contribution is -2.44. The fourth-order valence-corrected chi connectivity index (χ4v) is 6.79. The Labute approximate surface area is 259 Å². The predicted octanol–water partition coefficient (Wildman–Crippen LogP) is 5.16. The smallest absolute Gasteiger partial charge is 0.240 e. The molecule has 0 bridgehead atoms. The summed E-state index contributed by atoms with van der Waals surface area (Å²) in [7, 11) is 3.16. The Bertz CT molecular complexity index is 1640. The Hall–Kier alpha value is -4.35. The maximum Gasteiger partial charge on any atom is 0.240 e. The molecule has 1 fully saturated rings. The van der Waals surface area contributed by atoms with Crippen molar-refractivity contribution in [1.29, 1.82) is 0 Å². The van der Waals surface area contributed by atoms with E-state index in [9.17, 15) is 14.0 Å². The molecule has 2 aliphatic heterocycles. The van der Waals surface area contributed by atoms with Crippen LogP contribution < -0.4 is 19.7 Å². The molecule has 44 heavy (non-hydrogen) atoms.